The van der Waals surface area contributed by atoms with Gasteiger partial charge in [0.25, 0.3) is 0 Å². The fraction of sp³-hybridized carbons (Fsp3) is 0.529. The third-order valence-corrected chi connectivity index (χ3v) is 5.46. The van der Waals surface area contributed by atoms with Crippen LogP contribution in [0.4, 0.5) is 5.95 Å². The first-order chi connectivity index (χ1) is 11.6. The number of rotatable bonds is 3. The van der Waals surface area contributed by atoms with Gasteiger partial charge in [-0.3, -0.25) is 9.59 Å². The minimum absolute atomic E-state index is 0.00659. The molecule has 7 nitrogen and oxygen atoms in total. The largest absolute Gasteiger partial charge is 0.481 e. The number of carboxylic acids is 1. The number of allylic oxidation sites excluding steroid dienone is 2. The third kappa shape index (κ3) is 2.44. The van der Waals surface area contributed by atoms with E-state index in [1.807, 2.05) is 17.1 Å². The SMILES string of the molecule is O=C(O)[C@@H]1[C@H](C(=O)N2CCN(c3ncccn3)CC2)[C@@H]2C=C[C@H]1C2. The average Bonchev–Trinajstić information content (AvgIpc) is 3.23. The summed E-state index contributed by atoms with van der Waals surface area (Å²) in [4.78, 5) is 36.9. The first kappa shape index (κ1) is 15.1. The lowest BCUT2D eigenvalue weighted by Gasteiger charge is -2.37. The molecule has 1 aromatic heterocycles. The molecule has 0 radical (unpaired) electrons. The minimum atomic E-state index is -0.846. The molecule has 1 saturated carbocycles. The van der Waals surface area contributed by atoms with Crippen LogP contribution in [0.25, 0.3) is 0 Å². The van der Waals surface area contributed by atoms with Gasteiger partial charge in [-0.1, -0.05) is 12.2 Å². The molecule has 0 spiro atoms. The third-order valence-electron chi connectivity index (χ3n) is 5.46. The van der Waals surface area contributed by atoms with E-state index in [1.54, 1.807) is 18.5 Å². The standard InChI is InChI=1S/C17H20N4O3/c22-15(13-11-2-3-12(10-11)14(13)16(23)24)20-6-8-21(9-7-20)17-18-4-1-5-19-17/h1-5,11-14H,6-10H2,(H,23,24)/t11-,12+,13-,14+/m1/s1. The van der Waals surface area contributed by atoms with Crippen LogP contribution in [-0.4, -0.2) is 58.0 Å². The van der Waals surface area contributed by atoms with Crippen molar-refractivity contribution < 1.29 is 14.7 Å². The number of carbonyl (C=O) groups is 2. The molecule has 7 heteroatoms. The van der Waals surface area contributed by atoms with Crippen LogP contribution in [0.15, 0.2) is 30.6 Å². The molecule has 126 valence electrons. The van der Waals surface area contributed by atoms with Crippen molar-refractivity contribution in [2.24, 2.45) is 23.7 Å². The van der Waals surface area contributed by atoms with E-state index >= 15 is 0 Å². The summed E-state index contributed by atoms with van der Waals surface area (Å²) in [5.41, 5.74) is 0. The van der Waals surface area contributed by atoms with Crippen LogP contribution < -0.4 is 4.90 Å². The van der Waals surface area contributed by atoms with E-state index in [0.717, 1.165) is 6.42 Å². The van der Waals surface area contributed by atoms with Gasteiger partial charge in [0.15, 0.2) is 0 Å². The summed E-state index contributed by atoms with van der Waals surface area (Å²) in [7, 11) is 0. The van der Waals surface area contributed by atoms with Crippen molar-refractivity contribution in [3.8, 4) is 0 Å². The highest BCUT2D eigenvalue weighted by Gasteiger charge is 2.52. The van der Waals surface area contributed by atoms with Gasteiger partial charge >= 0.3 is 5.97 Å². The number of aliphatic carboxylic acids is 1. The van der Waals surface area contributed by atoms with E-state index in [4.69, 9.17) is 0 Å². The fourth-order valence-electron chi connectivity index (χ4n) is 4.29. The van der Waals surface area contributed by atoms with Gasteiger partial charge in [0.05, 0.1) is 11.8 Å². The summed E-state index contributed by atoms with van der Waals surface area (Å²) in [5.74, 6) is -1.05. The van der Waals surface area contributed by atoms with Crippen LogP contribution in [0, 0.1) is 23.7 Å². The summed E-state index contributed by atoms with van der Waals surface area (Å²) in [5, 5.41) is 9.51. The number of nitrogens with zero attached hydrogens (tertiary/aromatic N) is 4. The Labute approximate surface area is 140 Å². The second-order valence-electron chi connectivity index (χ2n) is 6.70. The van der Waals surface area contributed by atoms with Crippen molar-refractivity contribution in [1.82, 2.24) is 14.9 Å². The first-order valence-corrected chi connectivity index (χ1v) is 8.37. The predicted octanol–water partition coefficient (Wildman–Crippen LogP) is 0.648. The lowest BCUT2D eigenvalue weighted by atomic mass is 9.82. The van der Waals surface area contributed by atoms with Crippen molar-refractivity contribution >= 4 is 17.8 Å². The average molecular weight is 328 g/mol. The number of hydrogen-bond acceptors (Lipinski definition) is 5. The number of fused-ring (bicyclic) bond motifs is 2. The molecule has 1 aromatic rings. The van der Waals surface area contributed by atoms with Crippen LogP contribution in [0.1, 0.15) is 6.42 Å². The molecule has 2 fully saturated rings. The van der Waals surface area contributed by atoms with Crippen LogP contribution >= 0.6 is 0 Å². The molecule has 2 bridgehead atoms. The van der Waals surface area contributed by atoms with E-state index in [1.165, 1.54) is 0 Å². The summed E-state index contributed by atoms with van der Waals surface area (Å²) >= 11 is 0. The van der Waals surface area contributed by atoms with E-state index in [-0.39, 0.29) is 17.7 Å². The summed E-state index contributed by atoms with van der Waals surface area (Å²) < 4.78 is 0. The topological polar surface area (TPSA) is 86.6 Å². The lowest BCUT2D eigenvalue weighted by Crippen LogP contribution is -2.52. The number of hydrogen-bond donors (Lipinski definition) is 1. The van der Waals surface area contributed by atoms with Crippen LogP contribution in [0.2, 0.25) is 0 Å². The second kappa shape index (κ2) is 5.89. The molecule has 1 amide bonds. The Bertz CT molecular complexity index is 670. The number of anilines is 1. The van der Waals surface area contributed by atoms with Gasteiger partial charge < -0.3 is 14.9 Å². The van der Waals surface area contributed by atoms with Crippen molar-refractivity contribution in [2.75, 3.05) is 31.1 Å². The van der Waals surface area contributed by atoms with Crippen LogP contribution in [-0.2, 0) is 9.59 Å². The molecular weight excluding hydrogens is 308 g/mol. The summed E-state index contributed by atoms with van der Waals surface area (Å²) in [6, 6.07) is 1.78. The molecule has 2 aliphatic carbocycles. The van der Waals surface area contributed by atoms with Crippen molar-refractivity contribution in [1.29, 1.82) is 0 Å². The molecule has 4 atom stereocenters. The molecule has 0 aromatic carbocycles. The Kier molecular flexibility index (Phi) is 3.70. The maximum atomic E-state index is 12.9. The first-order valence-electron chi connectivity index (χ1n) is 8.37. The number of carboxylic acid groups (broad SMARTS) is 1. The van der Waals surface area contributed by atoms with Gasteiger partial charge in [0.1, 0.15) is 0 Å². The predicted molar refractivity (Wildman–Crippen MR) is 86.2 cm³/mol. The zero-order valence-electron chi connectivity index (χ0n) is 13.3. The maximum Gasteiger partial charge on any atom is 0.307 e. The zero-order chi connectivity index (χ0) is 16.7. The van der Waals surface area contributed by atoms with E-state index in [2.05, 4.69) is 14.9 Å². The summed E-state index contributed by atoms with van der Waals surface area (Å²) in [6.45, 7) is 2.51. The maximum absolute atomic E-state index is 12.9. The Morgan fingerprint density at radius 1 is 1.00 bits per heavy atom. The normalized spacial score (nSPS) is 31.5. The quantitative estimate of drug-likeness (QED) is 0.820. The molecule has 1 aliphatic heterocycles. The summed E-state index contributed by atoms with van der Waals surface area (Å²) in [6.07, 6.45) is 8.21. The number of aromatic nitrogens is 2. The van der Waals surface area contributed by atoms with Gasteiger partial charge in [-0.25, -0.2) is 9.97 Å². The Balaban J connectivity index is 1.43. The molecule has 1 N–H and O–H groups in total. The number of amides is 1. The van der Waals surface area contributed by atoms with Crippen LogP contribution in [0.5, 0.6) is 0 Å². The van der Waals surface area contributed by atoms with Crippen molar-refractivity contribution in [2.45, 2.75) is 6.42 Å². The molecule has 1 saturated heterocycles. The molecule has 4 rings (SSSR count). The van der Waals surface area contributed by atoms with Gasteiger partial charge in [0.2, 0.25) is 11.9 Å². The number of piperazine rings is 1. The van der Waals surface area contributed by atoms with E-state index < -0.39 is 17.8 Å². The highest BCUT2D eigenvalue weighted by molar-refractivity contribution is 5.87. The molecule has 3 aliphatic rings. The molecule has 0 unspecified atom stereocenters. The molecule has 2 heterocycles. The van der Waals surface area contributed by atoms with E-state index in [0.29, 0.717) is 32.1 Å². The number of carbonyl (C=O) groups excluding carboxylic acids is 1. The molecule has 24 heavy (non-hydrogen) atoms. The van der Waals surface area contributed by atoms with Gasteiger partial charge in [0, 0.05) is 38.6 Å². The Morgan fingerprint density at radius 2 is 1.62 bits per heavy atom. The monoisotopic (exact) mass is 328 g/mol. The fourth-order valence-corrected chi connectivity index (χ4v) is 4.29. The van der Waals surface area contributed by atoms with E-state index in [9.17, 15) is 14.7 Å². The molecular formula is C17H20N4O3. The van der Waals surface area contributed by atoms with Gasteiger partial charge in [-0.05, 0) is 24.3 Å². The Hall–Kier alpha value is -2.44. The Morgan fingerprint density at radius 3 is 2.25 bits per heavy atom. The second-order valence-corrected chi connectivity index (χ2v) is 6.70. The lowest BCUT2D eigenvalue weighted by molar-refractivity contribution is -0.151. The van der Waals surface area contributed by atoms with Crippen molar-refractivity contribution in [3.05, 3.63) is 30.6 Å². The van der Waals surface area contributed by atoms with Crippen LogP contribution in [0.3, 0.4) is 0 Å². The zero-order valence-corrected chi connectivity index (χ0v) is 13.3. The van der Waals surface area contributed by atoms with Gasteiger partial charge in [-0.2, -0.15) is 0 Å². The van der Waals surface area contributed by atoms with Crippen molar-refractivity contribution in [3.63, 3.8) is 0 Å². The van der Waals surface area contributed by atoms with Gasteiger partial charge in [-0.15, -0.1) is 0 Å². The highest BCUT2D eigenvalue weighted by Crippen LogP contribution is 2.48. The minimum Gasteiger partial charge on any atom is -0.481 e. The highest BCUT2D eigenvalue weighted by atomic mass is 16.4. The smallest absolute Gasteiger partial charge is 0.307 e.